The monoisotopic (exact) mass is 383 g/mol. The largest absolute Gasteiger partial charge is 0.373 e. The van der Waals surface area contributed by atoms with E-state index in [1.54, 1.807) is 6.33 Å². The first kappa shape index (κ1) is 19.1. The smallest absolute Gasteiger partial charge is 0.365 e. The van der Waals surface area contributed by atoms with Crippen molar-refractivity contribution in [1.29, 1.82) is 0 Å². The van der Waals surface area contributed by atoms with Gasteiger partial charge >= 0.3 is 6.15 Å². The average Bonchev–Trinajstić information content (AvgIpc) is 3.26. The van der Waals surface area contributed by atoms with E-state index in [1.807, 2.05) is 6.33 Å². The van der Waals surface area contributed by atoms with Crippen LogP contribution < -0.4 is 5.32 Å². The molecule has 7 heteroatoms. The van der Waals surface area contributed by atoms with E-state index < -0.39 is 0 Å². The molecule has 0 radical (unpaired) electrons. The highest BCUT2D eigenvalue weighted by Crippen LogP contribution is 2.57. The van der Waals surface area contributed by atoms with Crippen LogP contribution in [0.3, 0.4) is 0 Å². The molecule has 0 bridgehead atoms. The number of nitrogens with one attached hydrogen (secondary N) is 1. The van der Waals surface area contributed by atoms with Gasteiger partial charge in [0.15, 0.2) is 11.5 Å². The van der Waals surface area contributed by atoms with Gasteiger partial charge in [-0.1, -0.05) is 6.42 Å². The molecule has 0 amide bonds. The molecular formula is C21H29N5O2. The third-order valence-electron chi connectivity index (χ3n) is 7.21. The van der Waals surface area contributed by atoms with Crippen LogP contribution in [0.4, 0.5) is 5.82 Å². The van der Waals surface area contributed by atoms with E-state index in [-0.39, 0.29) is 6.15 Å². The summed E-state index contributed by atoms with van der Waals surface area (Å²) in [5.41, 5.74) is 2.69. The van der Waals surface area contributed by atoms with E-state index in [9.17, 15) is 0 Å². The highest BCUT2D eigenvalue weighted by atomic mass is 16.2. The molecule has 0 aromatic carbocycles. The van der Waals surface area contributed by atoms with Gasteiger partial charge in [0.2, 0.25) is 0 Å². The highest BCUT2D eigenvalue weighted by molar-refractivity contribution is 5.83. The van der Waals surface area contributed by atoms with E-state index in [0.717, 1.165) is 40.8 Å². The van der Waals surface area contributed by atoms with Crippen LogP contribution in [0.15, 0.2) is 12.7 Å². The molecule has 3 saturated carbocycles. The first-order valence-corrected chi connectivity index (χ1v) is 10.6. The standard InChI is InChI=1S/C20H29N5.CO2/c1-14(16-3-2-4-16)24-19-17-18(21-12-22-19)23-13-25(17)11-15-5-7-20(8-6-15)9-10-20;2-1-3/h12-16H,2-11H2,1H3,(H,21,22,24);/t14-;/m1./s1. The summed E-state index contributed by atoms with van der Waals surface area (Å²) in [7, 11) is 0. The maximum absolute atomic E-state index is 8.12. The van der Waals surface area contributed by atoms with Crippen LogP contribution in [0.2, 0.25) is 0 Å². The molecule has 3 aliphatic rings. The van der Waals surface area contributed by atoms with Gasteiger partial charge in [0.05, 0.1) is 6.33 Å². The second kappa shape index (κ2) is 8.00. The average molecular weight is 383 g/mol. The lowest BCUT2D eigenvalue weighted by Crippen LogP contribution is -2.31. The normalized spacial score (nSPS) is 22.0. The molecule has 3 aliphatic carbocycles. The number of aromatic nitrogens is 4. The summed E-state index contributed by atoms with van der Waals surface area (Å²) in [6, 6.07) is 0.472. The van der Waals surface area contributed by atoms with Gasteiger partial charge in [-0.15, -0.1) is 0 Å². The number of rotatable bonds is 5. The van der Waals surface area contributed by atoms with Crippen molar-refractivity contribution in [2.45, 2.75) is 77.3 Å². The summed E-state index contributed by atoms with van der Waals surface area (Å²) in [5.74, 6) is 2.53. The third kappa shape index (κ3) is 3.95. The Bertz CT molecular complexity index is 840. The lowest BCUT2D eigenvalue weighted by atomic mass is 9.80. The van der Waals surface area contributed by atoms with Crippen molar-refractivity contribution in [1.82, 2.24) is 19.5 Å². The van der Waals surface area contributed by atoms with Crippen molar-refractivity contribution < 1.29 is 9.59 Å². The fourth-order valence-electron chi connectivity index (χ4n) is 4.86. The van der Waals surface area contributed by atoms with Crippen LogP contribution in [0.5, 0.6) is 0 Å². The van der Waals surface area contributed by atoms with E-state index in [1.165, 1.54) is 57.8 Å². The number of imidazole rings is 1. The van der Waals surface area contributed by atoms with Crippen molar-refractivity contribution in [3.8, 4) is 0 Å². The molecule has 0 saturated heterocycles. The van der Waals surface area contributed by atoms with Crippen molar-refractivity contribution in [3.63, 3.8) is 0 Å². The van der Waals surface area contributed by atoms with Gasteiger partial charge in [0, 0.05) is 12.6 Å². The van der Waals surface area contributed by atoms with Crippen LogP contribution in [-0.2, 0) is 16.1 Å². The maximum Gasteiger partial charge on any atom is 0.373 e. The topological polar surface area (TPSA) is 89.8 Å². The van der Waals surface area contributed by atoms with Gasteiger partial charge < -0.3 is 9.88 Å². The second-order valence-electron chi connectivity index (χ2n) is 8.94. The minimum Gasteiger partial charge on any atom is -0.365 e. The van der Waals surface area contributed by atoms with E-state index in [4.69, 9.17) is 9.59 Å². The summed E-state index contributed by atoms with van der Waals surface area (Å²) in [6.45, 7) is 3.35. The quantitative estimate of drug-likeness (QED) is 0.844. The molecule has 0 aliphatic heterocycles. The zero-order valence-corrected chi connectivity index (χ0v) is 16.6. The van der Waals surface area contributed by atoms with Crippen LogP contribution in [0.25, 0.3) is 11.2 Å². The molecule has 2 heterocycles. The van der Waals surface area contributed by atoms with Gasteiger partial charge in [0.1, 0.15) is 11.8 Å². The third-order valence-corrected chi connectivity index (χ3v) is 7.21. The first-order valence-electron chi connectivity index (χ1n) is 10.6. The Hall–Kier alpha value is -2.27. The van der Waals surface area contributed by atoms with Gasteiger partial charge in [-0.05, 0) is 75.5 Å². The maximum atomic E-state index is 8.12. The highest BCUT2D eigenvalue weighted by Gasteiger charge is 2.44. The van der Waals surface area contributed by atoms with Crippen LogP contribution >= 0.6 is 0 Å². The van der Waals surface area contributed by atoms with E-state index in [0.29, 0.717) is 6.04 Å². The fourth-order valence-corrected chi connectivity index (χ4v) is 4.86. The Morgan fingerprint density at radius 2 is 1.86 bits per heavy atom. The molecule has 150 valence electrons. The zero-order chi connectivity index (χ0) is 19.6. The minimum atomic E-state index is 0.250. The molecule has 1 atom stereocenters. The van der Waals surface area contributed by atoms with Crippen LogP contribution in [-0.4, -0.2) is 31.7 Å². The lowest BCUT2D eigenvalue weighted by molar-refractivity contribution is -0.191. The summed E-state index contributed by atoms with van der Waals surface area (Å²) >= 11 is 0. The Kier molecular flexibility index (Phi) is 5.44. The Balaban J connectivity index is 0.000000604. The van der Waals surface area contributed by atoms with Crippen LogP contribution in [0.1, 0.15) is 64.7 Å². The molecule has 1 N–H and O–H groups in total. The predicted octanol–water partition coefficient (Wildman–Crippen LogP) is 3.81. The second-order valence-corrected chi connectivity index (χ2v) is 8.94. The van der Waals surface area contributed by atoms with E-state index in [2.05, 4.69) is 31.8 Å². The summed E-state index contributed by atoms with van der Waals surface area (Å²) in [6.07, 6.45) is 16.5. The Labute approximate surface area is 165 Å². The van der Waals surface area contributed by atoms with Gasteiger partial charge in [-0.25, -0.2) is 15.0 Å². The number of fused-ring (bicyclic) bond motifs is 1. The molecular weight excluding hydrogens is 354 g/mol. The molecule has 2 aromatic heterocycles. The Morgan fingerprint density at radius 1 is 1.14 bits per heavy atom. The van der Waals surface area contributed by atoms with Gasteiger partial charge in [-0.3, -0.25) is 0 Å². The minimum absolute atomic E-state index is 0.250. The van der Waals surface area contributed by atoms with Gasteiger partial charge in [0.25, 0.3) is 0 Å². The molecule has 7 nitrogen and oxygen atoms in total. The van der Waals surface area contributed by atoms with E-state index >= 15 is 0 Å². The molecule has 2 aromatic rings. The first-order chi connectivity index (χ1) is 13.6. The molecule has 1 spiro atoms. The molecule has 5 rings (SSSR count). The van der Waals surface area contributed by atoms with Crippen molar-refractivity contribution in [2.24, 2.45) is 17.3 Å². The van der Waals surface area contributed by atoms with Crippen molar-refractivity contribution in [2.75, 3.05) is 5.32 Å². The van der Waals surface area contributed by atoms with Gasteiger partial charge in [-0.2, -0.15) is 9.59 Å². The van der Waals surface area contributed by atoms with Crippen molar-refractivity contribution in [3.05, 3.63) is 12.7 Å². The van der Waals surface area contributed by atoms with Crippen molar-refractivity contribution >= 4 is 23.1 Å². The zero-order valence-electron chi connectivity index (χ0n) is 16.6. The predicted molar refractivity (Wildman–Crippen MR) is 104 cm³/mol. The summed E-state index contributed by atoms with van der Waals surface area (Å²) in [4.78, 5) is 29.7. The molecule has 28 heavy (non-hydrogen) atoms. The number of carbonyl (C=O) groups excluding carboxylic acids is 2. The number of anilines is 1. The Morgan fingerprint density at radius 3 is 2.46 bits per heavy atom. The number of hydrogen-bond acceptors (Lipinski definition) is 6. The fraction of sp³-hybridized carbons (Fsp3) is 0.714. The van der Waals surface area contributed by atoms with Crippen LogP contribution in [0, 0.1) is 17.3 Å². The molecule has 0 unspecified atom stereocenters. The lowest BCUT2D eigenvalue weighted by Gasteiger charge is -2.32. The summed E-state index contributed by atoms with van der Waals surface area (Å²) in [5, 5.41) is 3.66. The summed E-state index contributed by atoms with van der Waals surface area (Å²) < 4.78 is 2.31. The number of nitrogens with zero attached hydrogens (tertiary/aromatic N) is 4. The SMILES string of the molecule is C[C@@H](Nc1ncnc2ncn(CC3CCC4(CC3)CC4)c12)C1CCC1.O=C=O. The number of hydrogen-bond donors (Lipinski definition) is 1. The molecule has 3 fully saturated rings.